The van der Waals surface area contributed by atoms with E-state index in [1.54, 1.807) is 39.2 Å². The normalized spacial score (nSPS) is 13.2. The summed E-state index contributed by atoms with van der Waals surface area (Å²) < 4.78 is 61.1. The first-order valence-corrected chi connectivity index (χ1v) is 16.1. The average Bonchev–Trinajstić information content (AvgIpc) is 2.92. The van der Waals surface area contributed by atoms with Gasteiger partial charge in [-0.3, -0.25) is 9.59 Å². The van der Waals surface area contributed by atoms with Gasteiger partial charge >= 0.3 is 0 Å². The lowest BCUT2D eigenvalue weighted by atomic mass is 9.89. The maximum Gasteiger partial charge on any atom is 0.250 e. The molecule has 3 rings (SSSR count). The lowest BCUT2D eigenvalue weighted by Gasteiger charge is -2.22. The van der Waals surface area contributed by atoms with Crippen molar-refractivity contribution in [1.82, 2.24) is 9.29 Å². The molecule has 0 aliphatic heterocycles. The number of benzene rings is 2. The lowest BCUT2D eigenvalue weighted by Crippen LogP contribution is -2.30. The van der Waals surface area contributed by atoms with Crippen molar-refractivity contribution >= 4 is 27.0 Å². The number of rotatable bonds is 13. The Labute approximate surface area is 237 Å². The average molecular weight is 591 g/mol. The second-order valence-corrected chi connectivity index (χ2v) is 13.3. The van der Waals surface area contributed by atoms with Crippen LogP contribution in [0.4, 0.5) is 4.39 Å². The quantitative estimate of drug-likeness (QED) is 0.230. The molecule has 2 atom stereocenters. The van der Waals surface area contributed by atoms with E-state index in [0.717, 1.165) is 25.0 Å². The minimum absolute atomic E-state index is 0.0502. The molecule has 8 nitrogen and oxygen atoms in total. The van der Waals surface area contributed by atoms with Gasteiger partial charge in [0.2, 0.25) is 0 Å². The number of pyridine rings is 1. The molecule has 1 N–H and O–H groups in total. The molecule has 0 bridgehead atoms. The molecule has 0 spiro atoms. The number of unbranched alkanes of at least 4 members (excludes halogenated alkanes) is 1. The van der Waals surface area contributed by atoms with Crippen LogP contribution in [0.5, 0.6) is 5.75 Å². The summed E-state index contributed by atoms with van der Waals surface area (Å²) in [5.41, 5.74) is 1.88. The van der Waals surface area contributed by atoms with Crippen LogP contribution in [0.25, 0.3) is 11.1 Å². The van der Waals surface area contributed by atoms with Crippen molar-refractivity contribution in [3.8, 4) is 16.9 Å². The van der Waals surface area contributed by atoms with Crippen LogP contribution in [0.3, 0.4) is 0 Å². The minimum Gasteiger partial charge on any atom is -0.598 e. The number of ketones is 1. The lowest BCUT2D eigenvalue weighted by molar-refractivity contribution is 0.103. The molecule has 216 valence electrons. The van der Waals surface area contributed by atoms with Crippen molar-refractivity contribution in [2.45, 2.75) is 45.4 Å². The van der Waals surface area contributed by atoms with Crippen LogP contribution < -0.4 is 15.0 Å². The highest BCUT2D eigenvalue weighted by Crippen LogP contribution is 2.34. The number of sulfone groups is 1. The fourth-order valence-electron chi connectivity index (χ4n) is 4.28. The highest BCUT2D eigenvalue weighted by molar-refractivity contribution is 7.90. The van der Waals surface area contributed by atoms with Crippen molar-refractivity contribution in [2.75, 3.05) is 18.6 Å². The summed E-state index contributed by atoms with van der Waals surface area (Å²) in [6.07, 6.45) is 3.23. The van der Waals surface area contributed by atoms with Crippen molar-refractivity contribution in [1.29, 1.82) is 0 Å². The largest absolute Gasteiger partial charge is 0.598 e. The van der Waals surface area contributed by atoms with E-state index in [0.29, 0.717) is 28.0 Å². The zero-order chi connectivity index (χ0) is 29.6. The molecular formula is C29H35FN2O6S2. The van der Waals surface area contributed by atoms with E-state index >= 15 is 0 Å². The summed E-state index contributed by atoms with van der Waals surface area (Å²) >= 11 is -1.35. The number of carbonyl (C=O) groups is 1. The van der Waals surface area contributed by atoms with E-state index < -0.39 is 38.8 Å². The zero-order valence-electron chi connectivity index (χ0n) is 23.3. The van der Waals surface area contributed by atoms with Gasteiger partial charge < -0.3 is 13.9 Å². The number of nitrogens with one attached hydrogen (secondary N) is 1. The first-order valence-electron chi connectivity index (χ1n) is 13.0. The van der Waals surface area contributed by atoms with Gasteiger partial charge in [0.15, 0.2) is 15.6 Å². The maximum atomic E-state index is 13.9. The highest BCUT2D eigenvalue weighted by Gasteiger charge is 2.25. The van der Waals surface area contributed by atoms with Gasteiger partial charge in [-0.2, -0.15) is 0 Å². The van der Waals surface area contributed by atoms with Gasteiger partial charge in [-0.05, 0) is 48.2 Å². The Morgan fingerprint density at radius 2 is 1.82 bits per heavy atom. The Balaban J connectivity index is 2.26. The number of aryl methyl sites for hydroxylation is 1. The Kier molecular flexibility index (Phi) is 10.7. The maximum absolute atomic E-state index is 13.9. The topological polar surface area (TPSA) is 118 Å². The Morgan fingerprint density at radius 3 is 2.48 bits per heavy atom. The SMILES string of the molecule is CCCC[S@+]([O-])N[C@@H](C)c1cc(=O)n(C)cc1-c1cc(CS(=O)(=O)CC)ccc1C(=O)c1ccc(F)cc1OC. The highest BCUT2D eigenvalue weighted by atomic mass is 32.2. The van der Waals surface area contributed by atoms with Gasteiger partial charge in [-0.1, -0.05) is 32.4 Å². The monoisotopic (exact) mass is 590 g/mol. The van der Waals surface area contributed by atoms with Crippen LogP contribution in [0.1, 0.15) is 66.7 Å². The van der Waals surface area contributed by atoms with Crippen LogP contribution in [0, 0.1) is 5.82 Å². The molecule has 0 unspecified atom stereocenters. The van der Waals surface area contributed by atoms with Gasteiger partial charge in [0, 0.05) is 53.6 Å². The first-order chi connectivity index (χ1) is 18.9. The zero-order valence-corrected chi connectivity index (χ0v) is 25.0. The molecule has 40 heavy (non-hydrogen) atoms. The van der Waals surface area contributed by atoms with Crippen LogP contribution in [-0.4, -0.2) is 41.9 Å². The van der Waals surface area contributed by atoms with Crippen molar-refractivity contribution in [2.24, 2.45) is 7.05 Å². The number of hydrogen-bond acceptors (Lipinski definition) is 7. The molecule has 2 aromatic carbocycles. The summed E-state index contributed by atoms with van der Waals surface area (Å²) in [7, 11) is -0.485. The second kappa shape index (κ2) is 13.6. The standard InChI is InChI=1S/C29H35FN2O6S2/c1-6-8-13-39(35)31-19(3)24-16-28(33)32(4)17-26(24)25-14-20(18-40(36,37)7-2)9-11-22(25)29(34)23-12-10-21(30)15-27(23)38-5/h9-12,14-17,19,31H,6-8,13,18H2,1-5H3/t19-,39-/m0/s1. The Morgan fingerprint density at radius 1 is 1.12 bits per heavy atom. The van der Waals surface area contributed by atoms with Crippen LogP contribution in [-0.2, 0) is 34.0 Å². The number of hydrogen-bond donors (Lipinski definition) is 1. The molecular weight excluding hydrogens is 555 g/mol. The molecule has 0 saturated heterocycles. The van der Waals surface area contributed by atoms with Gasteiger partial charge in [0.05, 0.1) is 24.5 Å². The van der Waals surface area contributed by atoms with Crippen molar-refractivity contribution < 1.29 is 26.9 Å². The molecule has 0 saturated carbocycles. The first kappa shape index (κ1) is 31.5. The number of methoxy groups -OCH3 is 1. The smallest absolute Gasteiger partial charge is 0.250 e. The third-order valence-corrected chi connectivity index (χ3v) is 9.50. The molecule has 0 amide bonds. The number of nitrogens with zero attached hydrogens (tertiary/aromatic N) is 1. The van der Waals surface area contributed by atoms with Gasteiger partial charge in [-0.15, -0.1) is 4.72 Å². The van der Waals surface area contributed by atoms with E-state index in [4.69, 9.17) is 4.74 Å². The molecule has 0 aliphatic carbocycles. The molecule has 0 fully saturated rings. The Bertz CT molecular complexity index is 1540. The second-order valence-electron chi connectivity index (χ2n) is 9.56. The van der Waals surface area contributed by atoms with Gasteiger partial charge in [0.25, 0.3) is 5.56 Å². The van der Waals surface area contributed by atoms with E-state index in [-0.39, 0.29) is 33.9 Å². The third kappa shape index (κ3) is 7.60. The van der Waals surface area contributed by atoms with E-state index in [2.05, 4.69) is 4.72 Å². The summed E-state index contributed by atoms with van der Waals surface area (Å²) in [5, 5.41) is 0. The molecule has 0 aliphatic rings. The summed E-state index contributed by atoms with van der Waals surface area (Å²) in [4.78, 5) is 26.6. The minimum atomic E-state index is -3.39. The van der Waals surface area contributed by atoms with Gasteiger partial charge in [-0.25, -0.2) is 12.8 Å². The summed E-state index contributed by atoms with van der Waals surface area (Å²) in [5.74, 6) is -0.824. The number of aromatic nitrogens is 1. The van der Waals surface area contributed by atoms with E-state index in [9.17, 15) is 27.0 Å². The third-order valence-electron chi connectivity index (χ3n) is 6.57. The molecule has 11 heteroatoms. The summed E-state index contributed by atoms with van der Waals surface area (Å²) in [6.45, 7) is 5.34. The van der Waals surface area contributed by atoms with E-state index in [1.807, 2.05) is 6.92 Å². The molecule has 3 aromatic rings. The van der Waals surface area contributed by atoms with Crippen LogP contribution >= 0.6 is 0 Å². The van der Waals surface area contributed by atoms with Crippen molar-refractivity contribution in [3.05, 3.63) is 87.1 Å². The molecule has 1 aromatic heterocycles. The number of halogens is 1. The van der Waals surface area contributed by atoms with Crippen molar-refractivity contribution in [3.63, 3.8) is 0 Å². The number of carbonyl (C=O) groups excluding carboxylic acids is 1. The summed E-state index contributed by atoms with van der Waals surface area (Å²) in [6, 6.07) is 9.23. The van der Waals surface area contributed by atoms with E-state index in [1.165, 1.54) is 29.9 Å². The predicted molar refractivity (Wildman–Crippen MR) is 156 cm³/mol. The van der Waals surface area contributed by atoms with Crippen LogP contribution in [0.15, 0.2) is 53.5 Å². The fraction of sp³-hybridized carbons (Fsp3) is 0.379. The number of ether oxygens (including phenoxy) is 1. The molecule has 0 radical (unpaired) electrons. The van der Waals surface area contributed by atoms with Crippen LogP contribution in [0.2, 0.25) is 0 Å². The Hall–Kier alpha value is -2.99. The predicted octanol–water partition coefficient (Wildman–Crippen LogP) is 4.48. The van der Waals surface area contributed by atoms with Gasteiger partial charge in [0.1, 0.15) is 17.3 Å². The molecule has 1 heterocycles. The fourth-order valence-corrected chi connectivity index (χ4v) is 6.36.